The minimum absolute atomic E-state index is 0.162. The monoisotopic (exact) mass is 284 g/mol. The maximum absolute atomic E-state index is 13.6. The first-order valence-electron chi connectivity index (χ1n) is 5.37. The Morgan fingerprint density at radius 2 is 1.89 bits per heavy atom. The number of aromatic nitrogens is 1. The molecular weight excluding hydrogens is 274 g/mol. The predicted molar refractivity (Wildman–Crippen MR) is 71.4 cm³/mol. The summed E-state index contributed by atoms with van der Waals surface area (Å²) in [4.78, 5) is 3.71. The largest absolute Gasteiger partial charge is 0.336 e. The molecule has 1 aromatic heterocycles. The Hall–Kier alpha value is -1.92. The van der Waals surface area contributed by atoms with Crippen LogP contribution >= 0.6 is 11.6 Å². The van der Waals surface area contributed by atoms with E-state index in [1.54, 1.807) is 25.1 Å². The zero-order valence-corrected chi connectivity index (χ0v) is 10.7. The summed E-state index contributed by atoms with van der Waals surface area (Å²) in [5, 5.41) is 3.14. The molecule has 1 aromatic carbocycles. The van der Waals surface area contributed by atoms with E-state index < -0.39 is 11.6 Å². The van der Waals surface area contributed by atoms with Gasteiger partial charge >= 0.3 is 0 Å². The summed E-state index contributed by atoms with van der Waals surface area (Å²) in [6.45, 7) is 1.80. The lowest BCUT2D eigenvalue weighted by atomic mass is 10.2. The van der Waals surface area contributed by atoms with E-state index in [9.17, 15) is 8.78 Å². The quantitative estimate of drug-likeness (QED) is 0.597. The molecule has 0 amide bonds. The van der Waals surface area contributed by atoms with Crippen molar-refractivity contribution in [3.8, 4) is 0 Å². The number of nitrogen functional groups attached to an aromatic ring is 1. The highest BCUT2D eigenvalue weighted by Crippen LogP contribution is 2.29. The molecule has 0 radical (unpaired) electrons. The lowest BCUT2D eigenvalue weighted by molar-refractivity contribution is 0.579. The van der Waals surface area contributed by atoms with E-state index in [0.717, 1.165) is 5.56 Å². The van der Waals surface area contributed by atoms with Crippen molar-refractivity contribution in [3.05, 3.63) is 46.5 Å². The highest BCUT2D eigenvalue weighted by Gasteiger charge is 2.13. The average molecular weight is 285 g/mol. The van der Waals surface area contributed by atoms with Crippen LogP contribution in [-0.2, 0) is 0 Å². The third-order valence-corrected chi connectivity index (χ3v) is 2.85. The van der Waals surface area contributed by atoms with Gasteiger partial charge in [-0.25, -0.2) is 19.6 Å². The molecule has 0 saturated heterocycles. The van der Waals surface area contributed by atoms with Crippen molar-refractivity contribution >= 4 is 28.9 Å². The summed E-state index contributed by atoms with van der Waals surface area (Å²) < 4.78 is 26.9. The van der Waals surface area contributed by atoms with E-state index in [1.807, 2.05) is 0 Å². The third kappa shape index (κ3) is 2.74. The Labute approximate surface area is 113 Å². The minimum Gasteiger partial charge on any atom is -0.336 e. The number of hydrazine groups is 1. The van der Waals surface area contributed by atoms with Gasteiger partial charge in [0, 0.05) is 6.07 Å². The van der Waals surface area contributed by atoms with Crippen LogP contribution < -0.4 is 16.6 Å². The van der Waals surface area contributed by atoms with Crippen LogP contribution in [0.15, 0.2) is 24.3 Å². The normalized spacial score (nSPS) is 10.4. The lowest BCUT2D eigenvalue weighted by Gasteiger charge is -2.12. The first-order valence-corrected chi connectivity index (χ1v) is 5.75. The van der Waals surface area contributed by atoms with Crippen LogP contribution in [0.5, 0.6) is 0 Å². The maximum atomic E-state index is 13.6. The Kier molecular flexibility index (Phi) is 3.82. The lowest BCUT2D eigenvalue weighted by Crippen LogP contribution is -2.12. The molecule has 0 fully saturated rings. The van der Waals surface area contributed by atoms with Gasteiger partial charge in [-0.3, -0.25) is 0 Å². The van der Waals surface area contributed by atoms with Crippen LogP contribution in [0.1, 0.15) is 5.56 Å². The molecule has 0 bridgehead atoms. The molecular formula is C12H11ClF2N4. The van der Waals surface area contributed by atoms with E-state index in [4.69, 9.17) is 17.4 Å². The number of nitrogens with one attached hydrogen (secondary N) is 2. The molecule has 4 nitrogen and oxygen atoms in total. The van der Waals surface area contributed by atoms with Gasteiger partial charge in [0.05, 0.1) is 10.7 Å². The van der Waals surface area contributed by atoms with Crippen molar-refractivity contribution in [3.63, 3.8) is 0 Å². The first-order chi connectivity index (χ1) is 9.02. The summed E-state index contributed by atoms with van der Waals surface area (Å²) in [6, 6.07) is 5.92. The summed E-state index contributed by atoms with van der Waals surface area (Å²) in [5.74, 6) is 2.97. The second-order valence-corrected chi connectivity index (χ2v) is 4.26. The third-order valence-electron chi connectivity index (χ3n) is 2.53. The summed E-state index contributed by atoms with van der Waals surface area (Å²) in [6.07, 6.45) is 0. The number of benzene rings is 1. The van der Waals surface area contributed by atoms with Gasteiger partial charge < -0.3 is 10.7 Å². The molecule has 7 heteroatoms. The molecule has 4 N–H and O–H groups in total. The van der Waals surface area contributed by atoms with Crippen LogP contribution in [0, 0.1) is 18.6 Å². The van der Waals surface area contributed by atoms with Crippen LogP contribution in [0.3, 0.4) is 0 Å². The molecule has 0 aliphatic heterocycles. The Bertz CT molecular complexity index is 599. The van der Waals surface area contributed by atoms with Crippen LogP contribution in [0.4, 0.5) is 26.1 Å². The molecule has 2 rings (SSSR count). The van der Waals surface area contributed by atoms with E-state index in [0.29, 0.717) is 16.8 Å². The molecule has 0 atom stereocenters. The topological polar surface area (TPSA) is 63.0 Å². The van der Waals surface area contributed by atoms with Crippen molar-refractivity contribution in [2.45, 2.75) is 6.92 Å². The molecule has 0 spiro atoms. The van der Waals surface area contributed by atoms with E-state index >= 15 is 0 Å². The highest BCUT2D eigenvalue weighted by atomic mass is 35.5. The van der Waals surface area contributed by atoms with Gasteiger partial charge in [-0.1, -0.05) is 23.7 Å². The van der Waals surface area contributed by atoms with Crippen molar-refractivity contribution < 1.29 is 8.78 Å². The van der Waals surface area contributed by atoms with Crippen LogP contribution in [-0.4, -0.2) is 4.98 Å². The number of hydrogen-bond donors (Lipinski definition) is 3. The predicted octanol–water partition coefficient (Wildman–Crippen LogP) is 3.35. The van der Waals surface area contributed by atoms with Gasteiger partial charge in [0.15, 0.2) is 23.3 Å². The zero-order valence-electron chi connectivity index (χ0n) is 9.97. The van der Waals surface area contributed by atoms with Crippen molar-refractivity contribution in [1.29, 1.82) is 0 Å². The van der Waals surface area contributed by atoms with E-state index in [2.05, 4.69) is 15.7 Å². The van der Waals surface area contributed by atoms with Crippen LogP contribution in [0.2, 0.25) is 5.02 Å². The molecule has 0 aliphatic carbocycles. The number of rotatable bonds is 3. The van der Waals surface area contributed by atoms with Crippen molar-refractivity contribution in [1.82, 2.24) is 4.98 Å². The fourth-order valence-corrected chi connectivity index (χ4v) is 1.83. The summed E-state index contributed by atoms with van der Waals surface area (Å²) in [7, 11) is 0. The molecule has 19 heavy (non-hydrogen) atoms. The SMILES string of the molecule is Cc1cccc(Cl)c1Nc1nc(NN)c(F)cc1F. The van der Waals surface area contributed by atoms with Gasteiger partial charge in [-0.2, -0.15) is 0 Å². The van der Waals surface area contributed by atoms with Gasteiger partial charge in [-0.05, 0) is 18.6 Å². The second-order valence-electron chi connectivity index (χ2n) is 3.85. The fourth-order valence-electron chi connectivity index (χ4n) is 1.56. The molecule has 100 valence electrons. The first kappa shape index (κ1) is 13.5. The zero-order chi connectivity index (χ0) is 14.0. The van der Waals surface area contributed by atoms with E-state index in [1.165, 1.54) is 0 Å². The number of nitrogens with zero attached hydrogens (tertiary/aromatic N) is 1. The number of halogens is 3. The molecule has 2 aromatic rings. The van der Waals surface area contributed by atoms with Gasteiger partial charge in [0.25, 0.3) is 0 Å². The number of hydrogen-bond acceptors (Lipinski definition) is 4. The number of aryl methyl sites for hydroxylation is 1. The summed E-state index contributed by atoms with van der Waals surface area (Å²) >= 11 is 6.01. The molecule has 0 saturated carbocycles. The molecule has 0 aliphatic rings. The van der Waals surface area contributed by atoms with Crippen molar-refractivity contribution in [2.24, 2.45) is 5.84 Å². The fraction of sp³-hybridized carbons (Fsp3) is 0.0833. The van der Waals surface area contributed by atoms with Crippen LogP contribution in [0.25, 0.3) is 0 Å². The smallest absolute Gasteiger partial charge is 0.178 e. The standard InChI is InChI=1S/C12H11ClF2N4/c1-6-3-2-4-7(13)10(6)17-11-8(14)5-9(15)12(18-11)19-16/h2-5H,16H2,1H3,(H2,17,18,19). The minimum atomic E-state index is -0.874. The number of pyridine rings is 1. The number of para-hydroxylation sites is 1. The second kappa shape index (κ2) is 5.38. The highest BCUT2D eigenvalue weighted by molar-refractivity contribution is 6.33. The molecule has 1 heterocycles. The summed E-state index contributed by atoms with van der Waals surface area (Å²) in [5.41, 5.74) is 3.36. The van der Waals surface area contributed by atoms with Gasteiger partial charge in [0.1, 0.15) is 0 Å². The maximum Gasteiger partial charge on any atom is 0.178 e. The number of nitrogens with two attached hydrogens (primary N) is 1. The van der Waals surface area contributed by atoms with Gasteiger partial charge in [-0.15, -0.1) is 0 Å². The number of anilines is 3. The Balaban J connectivity index is 2.44. The van der Waals surface area contributed by atoms with Crippen molar-refractivity contribution in [2.75, 3.05) is 10.7 Å². The molecule has 0 unspecified atom stereocenters. The van der Waals surface area contributed by atoms with Gasteiger partial charge in [0.2, 0.25) is 0 Å². The average Bonchev–Trinajstić information content (AvgIpc) is 2.36. The Morgan fingerprint density at radius 1 is 1.21 bits per heavy atom. The Morgan fingerprint density at radius 3 is 2.53 bits per heavy atom. The van der Waals surface area contributed by atoms with E-state index in [-0.39, 0.29) is 11.6 Å².